The molecule has 4 heteroatoms. The third-order valence-corrected chi connectivity index (χ3v) is 6.33. The Balaban J connectivity index is 1.59. The van der Waals surface area contributed by atoms with E-state index in [2.05, 4.69) is 60.2 Å². The fourth-order valence-electron chi connectivity index (χ4n) is 4.47. The van der Waals surface area contributed by atoms with Crippen LogP contribution in [-0.4, -0.2) is 36.6 Å². The summed E-state index contributed by atoms with van der Waals surface area (Å²) in [4.78, 5) is 4.92. The Kier molecular flexibility index (Phi) is 6.80. The lowest BCUT2D eigenvalue weighted by Gasteiger charge is -2.34. The highest BCUT2D eigenvalue weighted by molar-refractivity contribution is 5.61. The molecule has 0 saturated carbocycles. The lowest BCUT2D eigenvalue weighted by Crippen LogP contribution is -2.43. The van der Waals surface area contributed by atoms with Gasteiger partial charge < -0.3 is 10.2 Å². The number of rotatable bonds is 5. The van der Waals surface area contributed by atoms with E-state index in [9.17, 15) is 4.39 Å². The minimum atomic E-state index is -0.225. The quantitative estimate of drug-likeness (QED) is 0.509. The van der Waals surface area contributed by atoms with E-state index in [0.29, 0.717) is 5.69 Å². The molecule has 0 bridgehead atoms. The second-order valence-corrected chi connectivity index (χ2v) is 9.56. The van der Waals surface area contributed by atoms with Gasteiger partial charge in [0.1, 0.15) is 5.82 Å². The van der Waals surface area contributed by atoms with Gasteiger partial charge in [-0.15, -0.1) is 0 Å². The molecule has 4 rings (SSSR count). The van der Waals surface area contributed by atoms with Gasteiger partial charge in [0.05, 0.1) is 11.7 Å². The van der Waals surface area contributed by atoms with Crippen LogP contribution in [0.5, 0.6) is 0 Å². The number of nitrogens with zero attached hydrogens (tertiary/aromatic N) is 2. The Labute approximate surface area is 191 Å². The zero-order valence-electron chi connectivity index (χ0n) is 19.4. The van der Waals surface area contributed by atoms with E-state index in [1.165, 1.54) is 0 Å². The Morgan fingerprint density at radius 2 is 1.41 bits per heavy atom. The van der Waals surface area contributed by atoms with Crippen LogP contribution in [0.2, 0.25) is 0 Å². The summed E-state index contributed by atoms with van der Waals surface area (Å²) in [5, 5.41) is 3.50. The van der Waals surface area contributed by atoms with Gasteiger partial charge in [-0.05, 0) is 56.5 Å². The minimum Gasteiger partial charge on any atom is -0.372 e. The molecule has 3 nitrogen and oxygen atoms in total. The number of anilines is 2. The maximum atomic E-state index is 14.9. The number of halogens is 1. The maximum Gasteiger partial charge on any atom is 0.146 e. The van der Waals surface area contributed by atoms with Crippen molar-refractivity contribution in [3.63, 3.8) is 0 Å². The van der Waals surface area contributed by atoms with Crippen LogP contribution in [0.25, 0.3) is 0 Å². The van der Waals surface area contributed by atoms with Crippen molar-refractivity contribution in [2.45, 2.75) is 38.8 Å². The van der Waals surface area contributed by atoms with Gasteiger partial charge in [-0.2, -0.15) is 0 Å². The zero-order chi connectivity index (χ0) is 22.6. The standard InChI is InChI=1S/C28H34FN3/c1-28(2,3)32-18-10-17-31(19-20-32)24-15-16-25(29)26(21-24)30-27(22-11-6-4-7-12-22)23-13-8-5-9-14-23/h4-9,11-16,21,27,30H,10,17-20H2,1-3H3. The Bertz CT molecular complexity index is 959. The van der Waals surface area contributed by atoms with Crippen LogP contribution in [0.15, 0.2) is 78.9 Å². The number of nitrogens with one attached hydrogen (secondary N) is 1. The topological polar surface area (TPSA) is 18.5 Å². The smallest absolute Gasteiger partial charge is 0.146 e. The van der Waals surface area contributed by atoms with Crippen molar-refractivity contribution in [1.82, 2.24) is 4.90 Å². The molecule has 0 atom stereocenters. The molecule has 0 radical (unpaired) electrons. The van der Waals surface area contributed by atoms with Crippen molar-refractivity contribution in [2.75, 3.05) is 36.4 Å². The van der Waals surface area contributed by atoms with Crippen molar-refractivity contribution in [3.8, 4) is 0 Å². The predicted octanol–water partition coefficient (Wildman–Crippen LogP) is 6.34. The monoisotopic (exact) mass is 431 g/mol. The van der Waals surface area contributed by atoms with Crippen LogP contribution in [0, 0.1) is 5.82 Å². The third kappa shape index (κ3) is 5.31. The van der Waals surface area contributed by atoms with E-state index < -0.39 is 0 Å². The third-order valence-electron chi connectivity index (χ3n) is 6.33. The lowest BCUT2D eigenvalue weighted by atomic mass is 9.98. The molecule has 1 fully saturated rings. The van der Waals surface area contributed by atoms with Crippen LogP contribution < -0.4 is 10.2 Å². The molecule has 0 spiro atoms. The van der Waals surface area contributed by atoms with Crippen LogP contribution in [-0.2, 0) is 0 Å². The summed E-state index contributed by atoms with van der Waals surface area (Å²) in [5.74, 6) is -0.225. The normalized spacial score (nSPS) is 15.6. The first-order valence-electron chi connectivity index (χ1n) is 11.6. The lowest BCUT2D eigenvalue weighted by molar-refractivity contribution is 0.148. The molecule has 32 heavy (non-hydrogen) atoms. The van der Waals surface area contributed by atoms with Crippen LogP contribution in [0.1, 0.15) is 44.4 Å². The average molecular weight is 432 g/mol. The Hall–Kier alpha value is -2.85. The van der Waals surface area contributed by atoms with Gasteiger partial charge in [-0.25, -0.2) is 4.39 Å². The molecule has 3 aromatic carbocycles. The summed E-state index contributed by atoms with van der Waals surface area (Å²) in [6.07, 6.45) is 1.11. The van der Waals surface area contributed by atoms with E-state index in [4.69, 9.17) is 0 Å². The largest absolute Gasteiger partial charge is 0.372 e. The fourth-order valence-corrected chi connectivity index (χ4v) is 4.47. The van der Waals surface area contributed by atoms with Crippen molar-refractivity contribution in [1.29, 1.82) is 0 Å². The van der Waals surface area contributed by atoms with E-state index in [1.54, 1.807) is 6.07 Å². The van der Waals surface area contributed by atoms with E-state index in [-0.39, 0.29) is 17.4 Å². The van der Waals surface area contributed by atoms with Crippen LogP contribution in [0.4, 0.5) is 15.8 Å². The van der Waals surface area contributed by atoms with Crippen LogP contribution >= 0.6 is 0 Å². The van der Waals surface area contributed by atoms with Gasteiger partial charge >= 0.3 is 0 Å². The van der Waals surface area contributed by atoms with Gasteiger partial charge in [0.25, 0.3) is 0 Å². The van der Waals surface area contributed by atoms with Gasteiger partial charge in [-0.3, -0.25) is 4.90 Å². The van der Waals surface area contributed by atoms with E-state index >= 15 is 0 Å². The molecule has 1 heterocycles. The van der Waals surface area contributed by atoms with Crippen LogP contribution in [0.3, 0.4) is 0 Å². The van der Waals surface area contributed by atoms with E-state index in [1.807, 2.05) is 48.5 Å². The maximum absolute atomic E-state index is 14.9. The summed E-state index contributed by atoms with van der Waals surface area (Å²) < 4.78 is 14.9. The molecule has 1 saturated heterocycles. The van der Waals surface area contributed by atoms with Gasteiger partial charge in [0.15, 0.2) is 0 Å². The number of hydrogen-bond donors (Lipinski definition) is 1. The number of benzene rings is 3. The summed E-state index contributed by atoms with van der Waals surface area (Å²) in [6.45, 7) is 10.9. The molecule has 1 aliphatic rings. The van der Waals surface area contributed by atoms with Gasteiger partial charge in [-0.1, -0.05) is 60.7 Å². The van der Waals surface area contributed by atoms with Crippen molar-refractivity contribution >= 4 is 11.4 Å². The van der Waals surface area contributed by atoms with E-state index in [0.717, 1.165) is 49.4 Å². The highest BCUT2D eigenvalue weighted by atomic mass is 19.1. The molecule has 0 aromatic heterocycles. The predicted molar refractivity (Wildman–Crippen MR) is 133 cm³/mol. The molecule has 168 valence electrons. The average Bonchev–Trinajstić information content (AvgIpc) is 3.06. The second kappa shape index (κ2) is 9.74. The molecule has 1 aliphatic heterocycles. The summed E-state index contributed by atoms with van der Waals surface area (Å²) in [6, 6.07) is 25.8. The summed E-state index contributed by atoms with van der Waals surface area (Å²) in [5.41, 5.74) is 4.00. The number of hydrogen-bond acceptors (Lipinski definition) is 3. The Morgan fingerprint density at radius 1 is 0.781 bits per heavy atom. The van der Waals surface area contributed by atoms with Crippen molar-refractivity contribution < 1.29 is 4.39 Å². The fraction of sp³-hybridized carbons (Fsp3) is 0.357. The highest BCUT2D eigenvalue weighted by Gasteiger charge is 2.24. The Morgan fingerprint density at radius 3 is 2.00 bits per heavy atom. The minimum absolute atomic E-state index is 0.123. The molecule has 1 N–H and O–H groups in total. The molecule has 0 unspecified atom stereocenters. The first-order valence-corrected chi connectivity index (χ1v) is 11.6. The first kappa shape index (κ1) is 22.3. The molecular weight excluding hydrogens is 397 g/mol. The van der Waals surface area contributed by atoms with Gasteiger partial charge in [0.2, 0.25) is 0 Å². The van der Waals surface area contributed by atoms with Crippen molar-refractivity contribution in [3.05, 3.63) is 95.8 Å². The summed E-state index contributed by atoms with van der Waals surface area (Å²) in [7, 11) is 0. The highest BCUT2D eigenvalue weighted by Crippen LogP contribution is 2.31. The zero-order valence-corrected chi connectivity index (χ0v) is 19.4. The molecular formula is C28H34FN3. The molecule has 0 amide bonds. The SMILES string of the molecule is CC(C)(C)N1CCCN(c2ccc(F)c(NC(c3ccccc3)c3ccccc3)c2)CC1. The first-order chi connectivity index (χ1) is 15.4. The molecule has 3 aromatic rings. The second-order valence-electron chi connectivity index (χ2n) is 9.56. The van der Waals surface area contributed by atoms with Gasteiger partial charge in [0, 0.05) is 37.4 Å². The molecule has 0 aliphatic carbocycles. The van der Waals surface area contributed by atoms with Crippen molar-refractivity contribution in [2.24, 2.45) is 0 Å². The summed E-state index contributed by atoms with van der Waals surface area (Å²) >= 11 is 0.